The Kier molecular flexibility index (Phi) is 3.28. The lowest BCUT2D eigenvalue weighted by atomic mass is 10.2. The van der Waals surface area contributed by atoms with Crippen LogP contribution >= 0.6 is 0 Å². The molecular weight excluding hydrogens is 148 g/mol. The maximum absolute atomic E-state index is 8.33. The summed E-state index contributed by atoms with van der Waals surface area (Å²) in [6.45, 7) is 1.98. The van der Waals surface area contributed by atoms with E-state index in [1.165, 1.54) is 0 Å². The Hall–Kier alpha value is -1.36. The number of aryl methyl sites for hydroxylation is 2. The van der Waals surface area contributed by atoms with Crippen molar-refractivity contribution in [3.05, 3.63) is 29.6 Å². The summed E-state index contributed by atoms with van der Waals surface area (Å²) in [5, 5.41) is 8.33. The zero-order chi connectivity index (χ0) is 8.81. The number of aromatic nitrogens is 1. The van der Waals surface area contributed by atoms with E-state index >= 15 is 0 Å². The molecule has 0 fully saturated rings. The van der Waals surface area contributed by atoms with Gasteiger partial charge in [0, 0.05) is 17.8 Å². The molecule has 0 radical (unpaired) electrons. The topological polar surface area (TPSA) is 36.7 Å². The first-order chi connectivity index (χ1) is 5.83. The van der Waals surface area contributed by atoms with Gasteiger partial charge in [-0.3, -0.25) is 4.98 Å². The van der Waals surface area contributed by atoms with Gasteiger partial charge in [0.2, 0.25) is 0 Å². The number of unbranched alkanes of at least 4 members (excludes halogenated alkanes) is 1. The molecule has 0 saturated heterocycles. The third-order valence-corrected chi connectivity index (χ3v) is 1.67. The maximum atomic E-state index is 8.33. The van der Waals surface area contributed by atoms with Crippen molar-refractivity contribution in [1.82, 2.24) is 4.98 Å². The van der Waals surface area contributed by atoms with E-state index < -0.39 is 0 Å². The van der Waals surface area contributed by atoms with Gasteiger partial charge in [-0.2, -0.15) is 5.26 Å². The highest BCUT2D eigenvalue weighted by atomic mass is 14.7. The van der Waals surface area contributed by atoms with E-state index in [-0.39, 0.29) is 0 Å². The Bertz CT molecular complexity index is 286. The molecular formula is C10H12N2. The van der Waals surface area contributed by atoms with Gasteiger partial charge in [0.05, 0.1) is 6.07 Å². The molecule has 0 spiro atoms. The smallest absolute Gasteiger partial charge is 0.0621 e. The number of pyridine rings is 1. The van der Waals surface area contributed by atoms with Crippen LogP contribution < -0.4 is 0 Å². The zero-order valence-electron chi connectivity index (χ0n) is 7.25. The zero-order valence-corrected chi connectivity index (χ0v) is 7.25. The Balaban J connectivity index is 2.48. The molecule has 1 heterocycles. The van der Waals surface area contributed by atoms with Gasteiger partial charge in [0.15, 0.2) is 0 Å². The van der Waals surface area contributed by atoms with Crippen LogP contribution in [-0.4, -0.2) is 4.98 Å². The van der Waals surface area contributed by atoms with Gasteiger partial charge in [-0.1, -0.05) is 6.07 Å². The van der Waals surface area contributed by atoms with Gasteiger partial charge < -0.3 is 0 Å². The Labute approximate surface area is 72.9 Å². The molecule has 0 aromatic carbocycles. The van der Waals surface area contributed by atoms with Crippen LogP contribution in [0.15, 0.2) is 18.2 Å². The first kappa shape index (κ1) is 8.73. The van der Waals surface area contributed by atoms with Crippen molar-refractivity contribution in [2.75, 3.05) is 0 Å². The van der Waals surface area contributed by atoms with Crippen molar-refractivity contribution < 1.29 is 0 Å². The number of nitrogens with zero attached hydrogens (tertiary/aromatic N) is 2. The first-order valence-electron chi connectivity index (χ1n) is 4.12. The number of hydrogen-bond acceptors (Lipinski definition) is 2. The average Bonchev–Trinajstić information content (AvgIpc) is 2.05. The molecule has 1 aromatic rings. The molecule has 0 amide bonds. The summed E-state index contributed by atoms with van der Waals surface area (Å²) < 4.78 is 0. The average molecular weight is 160 g/mol. The molecule has 0 aliphatic carbocycles. The molecule has 0 aliphatic heterocycles. The molecule has 0 atom stereocenters. The third kappa shape index (κ3) is 2.71. The number of rotatable bonds is 3. The predicted octanol–water partition coefficient (Wildman–Crippen LogP) is 2.24. The van der Waals surface area contributed by atoms with Crippen LogP contribution in [0.4, 0.5) is 0 Å². The van der Waals surface area contributed by atoms with Gasteiger partial charge in [0.1, 0.15) is 0 Å². The van der Waals surface area contributed by atoms with Crippen LogP contribution in [-0.2, 0) is 6.42 Å². The van der Waals surface area contributed by atoms with E-state index in [1.54, 1.807) is 0 Å². The van der Waals surface area contributed by atoms with Crippen molar-refractivity contribution in [2.45, 2.75) is 26.2 Å². The fraction of sp³-hybridized carbons (Fsp3) is 0.400. The molecule has 12 heavy (non-hydrogen) atoms. The van der Waals surface area contributed by atoms with Crippen LogP contribution in [0.2, 0.25) is 0 Å². The standard InChI is InChI=1S/C10H12N2/c1-9-5-4-7-10(12-9)6-2-3-8-11/h4-5,7H,2-3,6H2,1H3. The maximum Gasteiger partial charge on any atom is 0.0621 e. The Morgan fingerprint density at radius 1 is 1.50 bits per heavy atom. The molecule has 1 rings (SSSR count). The number of hydrogen-bond donors (Lipinski definition) is 0. The van der Waals surface area contributed by atoms with Crippen molar-refractivity contribution in [3.8, 4) is 6.07 Å². The largest absolute Gasteiger partial charge is 0.258 e. The summed E-state index contributed by atoms with van der Waals surface area (Å²) >= 11 is 0. The highest BCUT2D eigenvalue weighted by molar-refractivity contribution is 5.09. The normalized spacial score (nSPS) is 9.33. The fourth-order valence-electron chi connectivity index (χ4n) is 1.09. The van der Waals surface area contributed by atoms with Gasteiger partial charge in [-0.05, 0) is 31.9 Å². The van der Waals surface area contributed by atoms with E-state index in [9.17, 15) is 0 Å². The molecule has 0 aliphatic rings. The van der Waals surface area contributed by atoms with Crippen LogP contribution in [0.3, 0.4) is 0 Å². The molecule has 0 N–H and O–H groups in total. The molecule has 2 heteroatoms. The van der Waals surface area contributed by atoms with Crippen LogP contribution in [0, 0.1) is 18.3 Å². The van der Waals surface area contributed by atoms with Gasteiger partial charge in [-0.15, -0.1) is 0 Å². The molecule has 1 aromatic heterocycles. The van der Waals surface area contributed by atoms with Crippen molar-refractivity contribution in [1.29, 1.82) is 5.26 Å². The lowest BCUT2D eigenvalue weighted by molar-refractivity contribution is 0.820. The van der Waals surface area contributed by atoms with Gasteiger partial charge in [-0.25, -0.2) is 0 Å². The van der Waals surface area contributed by atoms with Crippen molar-refractivity contribution in [3.63, 3.8) is 0 Å². The van der Waals surface area contributed by atoms with E-state index in [4.69, 9.17) is 5.26 Å². The lowest BCUT2D eigenvalue weighted by Crippen LogP contribution is -1.91. The van der Waals surface area contributed by atoms with Crippen molar-refractivity contribution >= 4 is 0 Å². The molecule has 62 valence electrons. The fourth-order valence-corrected chi connectivity index (χ4v) is 1.09. The highest BCUT2D eigenvalue weighted by Gasteiger charge is 1.93. The Morgan fingerprint density at radius 2 is 2.33 bits per heavy atom. The summed E-state index contributed by atoms with van der Waals surface area (Å²) in [6, 6.07) is 8.11. The SMILES string of the molecule is Cc1cccc(CCCC#N)n1. The summed E-state index contributed by atoms with van der Waals surface area (Å²) in [5.74, 6) is 0. The van der Waals surface area contributed by atoms with Gasteiger partial charge >= 0.3 is 0 Å². The molecule has 0 unspecified atom stereocenters. The monoisotopic (exact) mass is 160 g/mol. The van der Waals surface area contributed by atoms with Crippen LogP contribution in [0.5, 0.6) is 0 Å². The first-order valence-corrected chi connectivity index (χ1v) is 4.12. The summed E-state index contributed by atoms with van der Waals surface area (Å²) in [5.41, 5.74) is 2.13. The lowest BCUT2D eigenvalue weighted by Gasteiger charge is -1.98. The third-order valence-electron chi connectivity index (χ3n) is 1.67. The highest BCUT2D eigenvalue weighted by Crippen LogP contribution is 2.02. The van der Waals surface area contributed by atoms with Crippen LogP contribution in [0.25, 0.3) is 0 Å². The van der Waals surface area contributed by atoms with Gasteiger partial charge in [0.25, 0.3) is 0 Å². The molecule has 0 saturated carbocycles. The second kappa shape index (κ2) is 4.50. The summed E-state index contributed by atoms with van der Waals surface area (Å²) in [6.07, 6.45) is 2.44. The van der Waals surface area contributed by atoms with E-state index in [2.05, 4.69) is 11.1 Å². The summed E-state index contributed by atoms with van der Waals surface area (Å²) in [4.78, 5) is 4.34. The predicted molar refractivity (Wildman–Crippen MR) is 47.5 cm³/mol. The minimum Gasteiger partial charge on any atom is -0.258 e. The quantitative estimate of drug-likeness (QED) is 0.636. The van der Waals surface area contributed by atoms with E-state index in [0.717, 1.165) is 24.2 Å². The minimum atomic E-state index is 0.621. The second-order valence-corrected chi connectivity index (χ2v) is 2.78. The summed E-state index contributed by atoms with van der Waals surface area (Å²) in [7, 11) is 0. The molecule has 2 nitrogen and oxygen atoms in total. The molecule has 0 bridgehead atoms. The number of nitriles is 1. The van der Waals surface area contributed by atoms with E-state index in [1.807, 2.05) is 25.1 Å². The minimum absolute atomic E-state index is 0.621. The Morgan fingerprint density at radius 3 is 3.00 bits per heavy atom. The van der Waals surface area contributed by atoms with Crippen LogP contribution in [0.1, 0.15) is 24.2 Å². The van der Waals surface area contributed by atoms with Crippen molar-refractivity contribution in [2.24, 2.45) is 0 Å². The second-order valence-electron chi connectivity index (χ2n) is 2.78. The van der Waals surface area contributed by atoms with E-state index in [0.29, 0.717) is 6.42 Å².